The van der Waals surface area contributed by atoms with E-state index in [1.54, 1.807) is 34.3 Å². The second-order valence-corrected chi connectivity index (χ2v) is 10.1. The number of nitriles is 1. The quantitative estimate of drug-likeness (QED) is 0.383. The zero-order valence-corrected chi connectivity index (χ0v) is 21.4. The van der Waals surface area contributed by atoms with E-state index in [1.165, 1.54) is 19.2 Å². The number of aromatic nitrogens is 2. The first-order valence-electron chi connectivity index (χ1n) is 11.0. The molecule has 36 heavy (non-hydrogen) atoms. The molecule has 0 spiro atoms. The van der Waals surface area contributed by atoms with Crippen LogP contribution in [0, 0.1) is 17.1 Å². The topological polar surface area (TPSA) is 102 Å². The molecule has 1 aliphatic heterocycles. The first-order chi connectivity index (χ1) is 17.4. The van der Waals surface area contributed by atoms with Gasteiger partial charge < -0.3 is 19.5 Å². The van der Waals surface area contributed by atoms with Crippen molar-refractivity contribution >= 4 is 50.0 Å². The van der Waals surface area contributed by atoms with Gasteiger partial charge in [0.25, 0.3) is 11.8 Å². The Hall–Kier alpha value is -3.75. The molecule has 0 aliphatic carbocycles. The number of pyridine rings is 1. The number of nitrogens with zero attached hydrogens (tertiary/aromatic N) is 4. The smallest absolute Gasteiger partial charge is 0.270 e. The van der Waals surface area contributed by atoms with Crippen LogP contribution >= 0.6 is 27.3 Å². The normalized spacial score (nSPS) is 15.7. The summed E-state index contributed by atoms with van der Waals surface area (Å²) in [5, 5.41) is 9.72. The number of thiophene rings is 1. The molecule has 0 bridgehead atoms. The Kier molecular flexibility index (Phi) is 6.47. The molecule has 1 saturated heterocycles. The van der Waals surface area contributed by atoms with Crippen LogP contribution in [0.15, 0.2) is 53.3 Å². The number of ether oxygens (including phenoxy) is 1. The van der Waals surface area contributed by atoms with Crippen molar-refractivity contribution in [1.29, 1.82) is 5.26 Å². The second-order valence-electron chi connectivity index (χ2n) is 8.17. The van der Waals surface area contributed by atoms with E-state index in [4.69, 9.17) is 4.74 Å². The summed E-state index contributed by atoms with van der Waals surface area (Å²) in [5.41, 5.74) is 1.25. The number of benzene rings is 1. The van der Waals surface area contributed by atoms with Crippen molar-refractivity contribution in [2.24, 2.45) is 0 Å². The van der Waals surface area contributed by atoms with Crippen LogP contribution in [0.1, 0.15) is 36.6 Å². The van der Waals surface area contributed by atoms with Gasteiger partial charge in [-0.1, -0.05) is 0 Å². The molecule has 4 aromatic rings. The van der Waals surface area contributed by atoms with Crippen LogP contribution in [-0.2, 0) is 0 Å². The van der Waals surface area contributed by atoms with Crippen LogP contribution in [0.4, 0.5) is 4.39 Å². The molecule has 1 aliphatic rings. The first-order valence-corrected chi connectivity index (χ1v) is 12.6. The van der Waals surface area contributed by atoms with Crippen molar-refractivity contribution in [2.45, 2.75) is 6.04 Å². The second kappa shape index (κ2) is 9.72. The highest BCUT2D eigenvalue weighted by molar-refractivity contribution is 9.10. The van der Waals surface area contributed by atoms with Gasteiger partial charge in [0, 0.05) is 41.9 Å². The first kappa shape index (κ1) is 24.0. The van der Waals surface area contributed by atoms with Gasteiger partial charge in [-0.05, 0) is 57.9 Å². The Balaban J connectivity index is 1.47. The van der Waals surface area contributed by atoms with E-state index in [-0.39, 0.29) is 36.1 Å². The Morgan fingerprint density at radius 1 is 1.22 bits per heavy atom. The van der Waals surface area contributed by atoms with Gasteiger partial charge in [-0.2, -0.15) is 5.26 Å². The average molecular weight is 568 g/mol. The van der Waals surface area contributed by atoms with Crippen molar-refractivity contribution in [1.82, 2.24) is 19.8 Å². The standard InChI is InChI=1S/C25H19BrFN5O3S/c1-35-20-3-2-17(27)23-15(20)10-18(30-23)24(33)32-9-8-31(13-19(32)14-4-6-29-7-5-14)25(34)21-11-16(26)22(12-28)36-21/h2-7,10-11,19,30H,8-9,13H2,1H3. The highest BCUT2D eigenvalue weighted by Crippen LogP contribution is 2.33. The van der Waals surface area contributed by atoms with E-state index < -0.39 is 11.9 Å². The lowest BCUT2D eigenvalue weighted by molar-refractivity contribution is 0.0382. The number of amides is 2. The van der Waals surface area contributed by atoms with E-state index in [0.29, 0.717) is 31.9 Å². The Morgan fingerprint density at radius 3 is 2.69 bits per heavy atom. The van der Waals surface area contributed by atoms with Crippen molar-refractivity contribution in [3.63, 3.8) is 0 Å². The zero-order valence-electron chi connectivity index (χ0n) is 19.0. The van der Waals surface area contributed by atoms with Crippen LogP contribution < -0.4 is 4.74 Å². The van der Waals surface area contributed by atoms with Crippen LogP contribution in [0.2, 0.25) is 0 Å². The fourth-order valence-corrected chi connectivity index (χ4v) is 5.92. The number of carbonyl (C=O) groups is 2. The van der Waals surface area contributed by atoms with E-state index >= 15 is 0 Å². The number of aromatic amines is 1. The van der Waals surface area contributed by atoms with E-state index in [0.717, 1.165) is 16.9 Å². The lowest BCUT2D eigenvalue weighted by atomic mass is 10.0. The minimum absolute atomic E-state index is 0.198. The summed E-state index contributed by atoms with van der Waals surface area (Å²) < 4.78 is 20.3. The van der Waals surface area contributed by atoms with Gasteiger partial charge in [0.05, 0.1) is 23.5 Å². The summed E-state index contributed by atoms with van der Waals surface area (Å²) in [4.78, 5) is 38.1. The van der Waals surface area contributed by atoms with Gasteiger partial charge in [0.2, 0.25) is 0 Å². The summed E-state index contributed by atoms with van der Waals surface area (Å²) in [7, 11) is 1.49. The SMILES string of the molecule is COc1ccc(F)c2[nH]c(C(=O)N3CCN(C(=O)c4cc(Br)c(C#N)s4)CC3c3ccncc3)cc12. The lowest BCUT2D eigenvalue weighted by Gasteiger charge is -2.41. The number of methoxy groups -OCH3 is 1. The van der Waals surface area contributed by atoms with Gasteiger partial charge in [-0.15, -0.1) is 11.3 Å². The summed E-state index contributed by atoms with van der Waals surface area (Å²) >= 11 is 4.45. The number of nitrogens with one attached hydrogen (secondary N) is 1. The fraction of sp³-hybridized carbons (Fsp3) is 0.200. The van der Waals surface area contributed by atoms with Gasteiger partial charge in [0.1, 0.15) is 28.2 Å². The molecule has 5 rings (SSSR count). The maximum absolute atomic E-state index is 14.4. The molecule has 11 heteroatoms. The Morgan fingerprint density at radius 2 is 2.00 bits per heavy atom. The van der Waals surface area contributed by atoms with Crippen molar-refractivity contribution in [3.05, 3.63) is 80.1 Å². The molecular weight excluding hydrogens is 549 g/mol. The third kappa shape index (κ3) is 4.23. The largest absolute Gasteiger partial charge is 0.496 e. The Labute approximate surface area is 218 Å². The number of hydrogen-bond acceptors (Lipinski definition) is 6. The highest BCUT2D eigenvalue weighted by atomic mass is 79.9. The summed E-state index contributed by atoms with van der Waals surface area (Å²) in [6, 6.07) is 11.3. The molecule has 0 radical (unpaired) electrons. The molecular formula is C25H19BrFN5O3S. The number of halogens is 2. The monoisotopic (exact) mass is 567 g/mol. The third-order valence-electron chi connectivity index (χ3n) is 6.17. The number of fused-ring (bicyclic) bond motifs is 1. The zero-order chi connectivity index (χ0) is 25.4. The van der Waals surface area contributed by atoms with Crippen LogP contribution in [0.5, 0.6) is 5.75 Å². The predicted octanol–water partition coefficient (Wildman–Crippen LogP) is 4.75. The van der Waals surface area contributed by atoms with Crippen molar-refractivity contribution < 1.29 is 18.7 Å². The fourth-order valence-electron chi connectivity index (χ4n) is 4.39. The van der Waals surface area contributed by atoms with Crippen LogP contribution in [-0.4, -0.2) is 58.3 Å². The van der Waals surface area contributed by atoms with Gasteiger partial charge >= 0.3 is 0 Å². The molecule has 1 N–H and O–H groups in total. The van der Waals surface area contributed by atoms with Gasteiger partial charge in [-0.3, -0.25) is 14.6 Å². The van der Waals surface area contributed by atoms with Gasteiger partial charge in [0.15, 0.2) is 0 Å². The Bertz CT molecular complexity index is 1510. The molecule has 4 heterocycles. The number of rotatable bonds is 4. The number of H-pyrrole nitrogens is 1. The van der Waals surface area contributed by atoms with Crippen LogP contribution in [0.3, 0.4) is 0 Å². The summed E-state index contributed by atoms with van der Waals surface area (Å²) in [5.74, 6) is -0.538. The maximum atomic E-state index is 14.4. The minimum atomic E-state index is -0.482. The van der Waals surface area contributed by atoms with Crippen molar-refractivity contribution in [2.75, 3.05) is 26.7 Å². The number of hydrogen-bond donors (Lipinski definition) is 1. The predicted molar refractivity (Wildman–Crippen MR) is 135 cm³/mol. The molecule has 8 nitrogen and oxygen atoms in total. The number of piperazine rings is 1. The minimum Gasteiger partial charge on any atom is -0.496 e. The van der Waals surface area contributed by atoms with E-state index in [9.17, 15) is 19.2 Å². The maximum Gasteiger partial charge on any atom is 0.270 e. The van der Waals surface area contributed by atoms with Gasteiger partial charge in [-0.25, -0.2) is 4.39 Å². The van der Waals surface area contributed by atoms with E-state index in [2.05, 4.69) is 32.0 Å². The summed E-state index contributed by atoms with van der Waals surface area (Å²) in [6.45, 7) is 0.829. The molecule has 1 fully saturated rings. The summed E-state index contributed by atoms with van der Waals surface area (Å²) in [6.07, 6.45) is 3.27. The number of carbonyl (C=O) groups excluding carboxylic acids is 2. The molecule has 0 saturated carbocycles. The lowest BCUT2D eigenvalue weighted by Crippen LogP contribution is -2.52. The van der Waals surface area contributed by atoms with E-state index in [1.807, 2.05) is 12.1 Å². The van der Waals surface area contributed by atoms with Crippen LogP contribution in [0.25, 0.3) is 10.9 Å². The molecule has 1 aromatic carbocycles. The average Bonchev–Trinajstić information content (AvgIpc) is 3.53. The molecule has 182 valence electrons. The molecule has 1 unspecified atom stereocenters. The molecule has 2 amide bonds. The highest BCUT2D eigenvalue weighted by Gasteiger charge is 2.35. The molecule has 3 aromatic heterocycles. The molecule has 1 atom stereocenters. The van der Waals surface area contributed by atoms with Crippen molar-refractivity contribution in [3.8, 4) is 11.8 Å². The third-order valence-corrected chi connectivity index (χ3v) is 8.09.